The first-order chi connectivity index (χ1) is 8.87. The molecule has 0 saturated carbocycles. The van der Waals surface area contributed by atoms with E-state index in [0.717, 1.165) is 12.0 Å². The zero-order chi connectivity index (χ0) is 14.0. The van der Waals surface area contributed by atoms with Gasteiger partial charge in [-0.05, 0) is 50.3 Å². The average Bonchev–Trinajstić information content (AvgIpc) is 2.70. The van der Waals surface area contributed by atoms with Crippen LogP contribution in [0, 0.1) is 0 Å². The van der Waals surface area contributed by atoms with E-state index in [0.29, 0.717) is 6.42 Å². The molecule has 0 bridgehead atoms. The number of hydrogen-bond donors (Lipinski definition) is 2. The van der Waals surface area contributed by atoms with Gasteiger partial charge in [-0.25, -0.2) is 0 Å². The van der Waals surface area contributed by atoms with E-state index in [4.69, 9.17) is 0 Å². The predicted octanol–water partition coefficient (Wildman–Crippen LogP) is 2.86. The molecule has 0 spiro atoms. The smallest absolute Gasteiger partial charge is 0.321 e. The van der Waals surface area contributed by atoms with Gasteiger partial charge in [0.05, 0.1) is 0 Å². The third-order valence-corrected chi connectivity index (χ3v) is 3.26. The number of fused-ring (bicyclic) bond motifs is 1. The summed E-state index contributed by atoms with van der Waals surface area (Å²) >= 11 is 0. The first-order valence-electron chi connectivity index (χ1n) is 6.64. The number of carboxylic acids is 1. The van der Waals surface area contributed by atoms with E-state index in [-0.39, 0.29) is 5.54 Å². The largest absolute Gasteiger partial charge is 0.480 e. The number of aliphatic carboxylic acids is 1. The van der Waals surface area contributed by atoms with Crippen molar-refractivity contribution in [3.05, 3.63) is 41.5 Å². The SMILES string of the molecule is CC(C)(C)N[C@@H](CC1=CCc2ccccc21)C(=O)O. The maximum absolute atomic E-state index is 11.4. The summed E-state index contributed by atoms with van der Waals surface area (Å²) < 4.78 is 0. The molecule has 1 aliphatic rings. The van der Waals surface area contributed by atoms with Gasteiger partial charge in [-0.1, -0.05) is 30.3 Å². The van der Waals surface area contributed by atoms with Crippen LogP contribution < -0.4 is 5.32 Å². The lowest BCUT2D eigenvalue weighted by molar-refractivity contribution is -0.139. The Morgan fingerprint density at radius 1 is 1.37 bits per heavy atom. The summed E-state index contributed by atoms with van der Waals surface area (Å²) in [6.07, 6.45) is 3.59. The molecule has 0 amide bonds. The molecule has 1 aliphatic carbocycles. The summed E-state index contributed by atoms with van der Waals surface area (Å²) in [5.41, 5.74) is 3.42. The highest BCUT2D eigenvalue weighted by molar-refractivity contribution is 5.80. The molecule has 2 N–H and O–H groups in total. The molecule has 0 radical (unpaired) electrons. The second-order valence-corrected chi connectivity index (χ2v) is 6.08. The Bertz CT molecular complexity index is 512. The zero-order valence-corrected chi connectivity index (χ0v) is 11.7. The second kappa shape index (κ2) is 5.17. The zero-order valence-electron chi connectivity index (χ0n) is 11.7. The maximum atomic E-state index is 11.4. The molecule has 0 unspecified atom stereocenters. The molecule has 19 heavy (non-hydrogen) atoms. The van der Waals surface area contributed by atoms with Gasteiger partial charge in [-0.2, -0.15) is 0 Å². The Balaban J connectivity index is 2.14. The Kier molecular flexibility index (Phi) is 3.76. The Morgan fingerprint density at radius 2 is 2.05 bits per heavy atom. The number of nitrogens with one attached hydrogen (secondary N) is 1. The molecular weight excluding hydrogens is 238 g/mol. The van der Waals surface area contributed by atoms with Crippen LogP contribution in [-0.4, -0.2) is 22.7 Å². The lowest BCUT2D eigenvalue weighted by Crippen LogP contribution is -2.47. The molecule has 0 aromatic heterocycles. The first kappa shape index (κ1) is 13.8. The Labute approximate surface area is 114 Å². The summed E-state index contributed by atoms with van der Waals surface area (Å²) in [5.74, 6) is -0.791. The van der Waals surface area contributed by atoms with Crippen molar-refractivity contribution in [3.8, 4) is 0 Å². The van der Waals surface area contributed by atoms with E-state index in [1.807, 2.05) is 32.9 Å². The highest BCUT2D eigenvalue weighted by Gasteiger charge is 2.26. The minimum absolute atomic E-state index is 0.207. The van der Waals surface area contributed by atoms with Gasteiger partial charge >= 0.3 is 5.97 Å². The minimum atomic E-state index is -0.791. The topological polar surface area (TPSA) is 49.3 Å². The maximum Gasteiger partial charge on any atom is 0.321 e. The fourth-order valence-electron chi connectivity index (χ4n) is 2.49. The van der Waals surface area contributed by atoms with E-state index in [2.05, 4.69) is 23.5 Å². The molecule has 102 valence electrons. The van der Waals surface area contributed by atoms with Gasteiger partial charge in [-0.15, -0.1) is 0 Å². The van der Waals surface area contributed by atoms with Crippen LogP contribution in [0.15, 0.2) is 30.3 Å². The molecule has 3 heteroatoms. The number of rotatable bonds is 4. The van der Waals surface area contributed by atoms with Gasteiger partial charge < -0.3 is 5.11 Å². The van der Waals surface area contributed by atoms with Crippen molar-refractivity contribution in [2.45, 2.75) is 45.2 Å². The number of allylic oxidation sites excluding steroid dienone is 1. The van der Waals surface area contributed by atoms with Gasteiger partial charge in [0.2, 0.25) is 0 Å². The van der Waals surface area contributed by atoms with Gasteiger partial charge in [0.25, 0.3) is 0 Å². The number of benzene rings is 1. The van der Waals surface area contributed by atoms with Crippen molar-refractivity contribution in [1.29, 1.82) is 0 Å². The predicted molar refractivity (Wildman–Crippen MR) is 77.1 cm³/mol. The summed E-state index contributed by atoms with van der Waals surface area (Å²) in [5, 5.41) is 12.5. The second-order valence-electron chi connectivity index (χ2n) is 6.08. The van der Waals surface area contributed by atoms with Crippen molar-refractivity contribution in [2.75, 3.05) is 0 Å². The van der Waals surface area contributed by atoms with Gasteiger partial charge in [-0.3, -0.25) is 10.1 Å². The van der Waals surface area contributed by atoms with Crippen LogP contribution in [0.5, 0.6) is 0 Å². The molecule has 0 aliphatic heterocycles. The van der Waals surface area contributed by atoms with Crippen LogP contribution in [0.2, 0.25) is 0 Å². The van der Waals surface area contributed by atoms with Gasteiger partial charge in [0.15, 0.2) is 0 Å². The van der Waals surface area contributed by atoms with Crippen LogP contribution in [0.3, 0.4) is 0 Å². The first-order valence-corrected chi connectivity index (χ1v) is 6.64. The lowest BCUT2D eigenvalue weighted by atomic mass is 9.97. The summed E-state index contributed by atoms with van der Waals surface area (Å²) in [6, 6.07) is 7.66. The summed E-state index contributed by atoms with van der Waals surface area (Å²) in [6.45, 7) is 5.96. The summed E-state index contributed by atoms with van der Waals surface area (Å²) in [4.78, 5) is 11.4. The molecule has 3 nitrogen and oxygen atoms in total. The van der Waals surface area contributed by atoms with Crippen molar-refractivity contribution >= 4 is 11.5 Å². The normalized spacial score (nSPS) is 15.8. The van der Waals surface area contributed by atoms with Crippen molar-refractivity contribution in [1.82, 2.24) is 5.32 Å². The van der Waals surface area contributed by atoms with Crippen molar-refractivity contribution in [3.63, 3.8) is 0 Å². The average molecular weight is 259 g/mol. The van der Waals surface area contributed by atoms with Gasteiger partial charge in [0.1, 0.15) is 6.04 Å². The van der Waals surface area contributed by atoms with Crippen LogP contribution in [0.4, 0.5) is 0 Å². The van der Waals surface area contributed by atoms with Crippen LogP contribution in [0.25, 0.3) is 5.57 Å². The molecule has 1 atom stereocenters. The van der Waals surface area contributed by atoms with E-state index in [1.54, 1.807) is 0 Å². The third-order valence-electron chi connectivity index (χ3n) is 3.26. The standard InChI is InChI=1S/C16H21NO2/c1-16(2,3)17-14(15(18)19)10-12-9-8-11-6-4-5-7-13(11)12/h4-7,9,14,17H,8,10H2,1-3H3,(H,18,19)/t14-/m0/s1. The van der Waals surface area contributed by atoms with E-state index < -0.39 is 12.0 Å². The Hall–Kier alpha value is -1.61. The highest BCUT2D eigenvalue weighted by Crippen LogP contribution is 2.30. The Morgan fingerprint density at radius 3 is 2.68 bits per heavy atom. The van der Waals surface area contributed by atoms with Crippen molar-refractivity contribution in [2.24, 2.45) is 0 Å². The quantitative estimate of drug-likeness (QED) is 0.874. The van der Waals surface area contributed by atoms with Crippen molar-refractivity contribution < 1.29 is 9.90 Å². The molecule has 0 heterocycles. The summed E-state index contributed by atoms with van der Waals surface area (Å²) in [7, 11) is 0. The number of hydrogen-bond acceptors (Lipinski definition) is 2. The molecule has 1 aromatic carbocycles. The molecule has 0 saturated heterocycles. The number of carbonyl (C=O) groups is 1. The fraction of sp³-hybridized carbons (Fsp3) is 0.438. The molecule has 2 rings (SSSR count). The fourth-order valence-corrected chi connectivity index (χ4v) is 2.49. The van der Waals surface area contributed by atoms with E-state index in [9.17, 15) is 9.90 Å². The monoisotopic (exact) mass is 259 g/mol. The molecule has 1 aromatic rings. The third kappa shape index (κ3) is 3.44. The minimum Gasteiger partial charge on any atom is -0.480 e. The molecular formula is C16H21NO2. The van der Waals surface area contributed by atoms with Crippen LogP contribution in [-0.2, 0) is 11.2 Å². The van der Waals surface area contributed by atoms with E-state index >= 15 is 0 Å². The van der Waals surface area contributed by atoms with E-state index in [1.165, 1.54) is 11.1 Å². The van der Waals surface area contributed by atoms with Crippen LogP contribution >= 0.6 is 0 Å². The molecule has 0 fully saturated rings. The van der Waals surface area contributed by atoms with Gasteiger partial charge in [0, 0.05) is 5.54 Å². The number of carboxylic acid groups (broad SMARTS) is 1. The van der Waals surface area contributed by atoms with Crippen LogP contribution in [0.1, 0.15) is 38.3 Å². The highest BCUT2D eigenvalue weighted by atomic mass is 16.4. The lowest BCUT2D eigenvalue weighted by Gasteiger charge is -2.26.